The molecule has 2 heterocycles. The van der Waals surface area contributed by atoms with Crippen molar-refractivity contribution in [2.45, 2.75) is 31.8 Å². The van der Waals surface area contributed by atoms with Crippen LogP contribution in [0.1, 0.15) is 28.6 Å². The Kier molecular flexibility index (Phi) is 4.82. The zero-order valence-electron chi connectivity index (χ0n) is 13.5. The minimum Gasteiger partial charge on any atom is -0.459 e. The van der Waals surface area contributed by atoms with Crippen LogP contribution in [0, 0.1) is 6.92 Å². The van der Waals surface area contributed by atoms with Crippen LogP contribution in [-0.2, 0) is 9.47 Å². The van der Waals surface area contributed by atoms with Gasteiger partial charge in [-0.15, -0.1) is 0 Å². The van der Waals surface area contributed by atoms with Crippen LogP contribution >= 0.6 is 0 Å². The average Bonchev–Trinajstić information content (AvgIpc) is 2.97. The molecule has 0 saturated carbocycles. The maximum absolute atomic E-state index is 11.9. The van der Waals surface area contributed by atoms with Crippen molar-refractivity contribution < 1.29 is 19.4 Å². The highest BCUT2D eigenvalue weighted by molar-refractivity contribution is 5.89. The van der Waals surface area contributed by atoms with Crippen molar-refractivity contribution in [2.75, 3.05) is 6.61 Å². The molecule has 132 valence electrons. The van der Waals surface area contributed by atoms with Gasteiger partial charge in [0.15, 0.2) is 0 Å². The van der Waals surface area contributed by atoms with E-state index in [0.717, 1.165) is 0 Å². The van der Waals surface area contributed by atoms with Gasteiger partial charge in [0, 0.05) is 18.2 Å². The Labute approximate surface area is 142 Å². The monoisotopic (exact) mass is 346 g/mol. The van der Waals surface area contributed by atoms with Gasteiger partial charge in [0.2, 0.25) is 0 Å². The maximum atomic E-state index is 11.9. The summed E-state index contributed by atoms with van der Waals surface area (Å²) in [4.78, 5) is 37.5. The second-order valence-corrected chi connectivity index (χ2v) is 5.88. The van der Waals surface area contributed by atoms with E-state index in [2.05, 4.69) is 4.98 Å². The average molecular weight is 346 g/mol. The summed E-state index contributed by atoms with van der Waals surface area (Å²) in [7, 11) is 0. The lowest BCUT2D eigenvalue weighted by atomic mass is 10.2. The second-order valence-electron chi connectivity index (χ2n) is 5.88. The van der Waals surface area contributed by atoms with Crippen LogP contribution in [0.4, 0.5) is 0 Å². The maximum Gasteiger partial charge on any atom is 0.338 e. The Hall–Kier alpha value is -2.71. The van der Waals surface area contributed by atoms with E-state index < -0.39 is 35.7 Å². The molecular weight excluding hydrogens is 328 g/mol. The van der Waals surface area contributed by atoms with Gasteiger partial charge in [-0.05, 0) is 19.1 Å². The number of aromatic nitrogens is 2. The summed E-state index contributed by atoms with van der Waals surface area (Å²) in [6.45, 7) is 1.43. The molecule has 0 bridgehead atoms. The largest absolute Gasteiger partial charge is 0.459 e. The normalized spacial score (nSPS) is 22.7. The van der Waals surface area contributed by atoms with Crippen molar-refractivity contribution in [3.8, 4) is 0 Å². The minimum atomic E-state index is -0.896. The van der Waals surface area contributed by atoms with Crippen molar-refractivity contribution in [3.63, 3.8) is 0 Å². The molecule has 2 aromatic rings. The fourth-order valence-corrected chi connectivity index (χ4v) is 2.65. The van der Waals surface area contributed by atoms with Gasteiger partial charge < -0.3 is 14.6 Å². The van der Waals surface area contributed by atoms with Crippen LogP contribution < -0.4 is 11.2 Å². The number of hydrogen-bond acceptors (Lipinski definition) is 6. The Morgan fingerprint density at radius 2 is 2.08 bits per heavy atom. The molecule has 0 amide bonds. The van der Waals surface area contributed by atoms with E-state index in [1.165, 1.54) is 10.8 Å². The van der Waals surface area contributed by atoms with Crippen molar-refractivity contribution in [1.82, 2.24) is 9.55 Å². The molecular formula is C17H18N2O6. The zero-order valence-corrected chi connectivity index (χ0v) is 13.5. The molecule has 3 atom stereocenters. The van der Waals surface area contributed by atoms with Gasteiger partial charge in [-0.3, -0.25) is 14.3 Å². The van der Waals surface area contributed by atoms with Crippen molar-refractivity contribution in [2.24, 2.45) is 0 Å². The van der Waals surface area contributed by atoms with Gasteiger partial charge in [0.25, 0.3) is 5.56 Å². The molecule has 3 rings (SSSR count). The summed E-state index contributed by atoms with van der Waals surface area (Å²) >= 11 is 0. The lowest BCUT2D eigenvalue weighted by Gasteiger charge is -2.16. The van der Waals surface area contributed by atoms with E-state index in [9.17, 15) is 19.5 Å². The number of carbonyl (C=O) groups excluding carboxylic acids is 1. The van der Waals surface area contributed by atoms with E-state index >= 15 is 0 Å². The third-order valence-electron chi connectivity index (χ3n) is 4.05. The van der Waals surface area contributed by atoms with Crippen LogP contribution in [0.2, 0.25) is 0 Å². The fraction of sp³-hybridized carbons (Fsp3) is 0.353. The van der Waals surface area contributed by atoms with Crippen molar-refractivity contribution in [1.29, 1.82) is 0 Å². The van der Waals surface area contributed by atoms with Crippen LogP contribution in [0.3, 0.4) is 0 Å². The van der Waals surface area contributed by atoms with Gasteiger partial charge in [0.05, 0.1) is 11.7 Å². The van der Waals surface area contributed by atoms with Gasteiger partial charge in [-0.25, -0.2) is 9.59 Å². The minimum absolute atomic E-state index is 0.136. The summed E-state index contributed by atoms with van der Waals surface area (Å²) in [5, 5.41) is 10.1. The molecule has 1 aromatic heterocycles. The Balaban J connectivity index is 1.66. The molecule has 3 unspecified atom stereocenters. The Morgan fingerprint density at radius 3 is 2.80 bits per heavy atom. The van der Waals surface area contributed by atoms with E-state index in [-0.39, 0.29) is 13.0 Å². The van der Waals surface area contributed by atoms with Crippen LogP contribution in [-0.4, -0.2) is 39.4 Å². The standard InChI is InChI=1S/C17H18N2O6/c1-10-8-19(17(23)18-15(10)21)14-7-12(20)13(25-14)9-24-16(22)11-5-3-2-4-6-11/h2-6,8,12-14,20H,7,9H2,1H3,(H,18,21,23). The second kappa shape index (κ2) is 7.04. The first-order valence-electron chi connectivity index (χ1n) is 7.83. The predicted molar refractivity (Wildman–Crippen MR) is 87.3 cm³/mol. The smallest absolute Gasteiger partial charge is 0.338 e. The highest BCUT2D eigenvalue weighted by Gasteiger charge is 2.36. The van der Waals surface area contributed by atoms with Crippen LogP contribution in [0.15, 0.2) is 46.1 Å². The lowest BCUT2D eigenvalue weighted by molar-refractivity contribution is -0.0532. The van der Waals surface area contributed by atoms with Gasteiger partial charge in [-0.1, -0.05) is 18.2 Å². The highest BCUT2D eigenvalue weighted by atomic mass is 16.6. The summed E-state index contributed by atoms with van der Waals surface area (Å²) < 4.78 is 12.0. The van der Waals surface area contributed by atoms with Gasteiger partial charge in [0.1, 0.15) is 18.9 Å². The number of nitrogens with zero attached hydrogens (tertiary/aromatic N) is 1. The zero-order chi connectivity index (χ0) is 18.0. The number of hydrogen-bond donors (Lipinski definition) is 2. The highest BCUT2D eigenvalue weighted by Crippen LogP contribution is 2.27. The molecule has 0 aliphatic carbocycles. The summed E-state index contributed by atoms with van der Waals surface area (Å²) in [5.74, 6) is -0.517. The molecule has 8 nitrogen and oxygen atoms in total. The van der Waals surface area contributed by atoms with E-state index in [1.807, 2.05) is 0 Å². The van der Waals surface area contributed by atoms with Crippen LogP contribution in [0.5, 0.6) is 0 Å². The Bertz CT molecular complexity index is 873. The summed E-state index contributed by atoms with van der Waals surface area (Å²) in [6, 6.07) is 8.48. The topological polar surface area (TPSA) is 111 Å². The quantitative estimate of drug-likeness (QED) is 0.773. The number of aryl methyl sites for hydroxylation is 1. The van der Waals surface area contributed by atoms with Crippen molar-refractivity contribution >= 4 is 5.97 Å². The number of carbonyl (C=O) groups is 1. The van der Waals surface area contributed by atoms with Crippen LogP contribution in [0.25, 0.3) is 0 Å². The molecule has 2 N–H and O–H groups in total. The molecule has 0 radical (unpaired) electrons. The SMILES string of the molecule is Cc1cn(C2CC(O)C(COC(=O)c3ccccc3)O2)c(=O)[nH]c1=O. The molecule has 25 heavy (non-hydrogen) atoms. The Morgan fingerprint density at radius 1 is 1.36 bits per heavy atom. The number of benzene rings is 1. The first-order valence-corrected chi connectivity index (χ1v) is 7.83. The number of aromatic amines is 1. The molecule has 1 fully saturated rings. The molecule has 8 heteroatoms. The number of nitrogens with one attached hydrogen (secondary N) is 1. The third-order valence-corrected chi connectivity index (χ3v) is 4.05. The summed E-state index contributed by atoms with van der Waals surface area (Å²) in [5.41, 5.74) is -0.321. The number of esters is 1. The summed E-state index contributed by atoms with van der Waals surface area (Å²) in [6.07, 6.45) is -0.849. The molecule has 1 saturated heterocycles. The fourth-order valence-electron chi connectivity index (χ4n) is 2.65. The molecule has 1 aromatic carbocycles. The molecule has 0 spiro atoms. The van der Waals surface area contributed by atoms with Crippen molar-refractivity contribution in [3.05, 3.63) is 68.5 Å². The first kappa shape index (κ1) is 17.1. The van der Waals surface area contributed by atoms with Gasteiger partial charge in [-0.2, -0.15) is 0 Å². The number of aliphatic hydroxyl groups excluding tert-OH is 1. The third kappa shape index (κ3) is 3.70. The van der Waals surface area contributed by atoms with E-state index in [1.54, 1.807) is 37.3 Å². The number of rotatable bonds is 4. The van der Waals surface area contributed by atoms with E-state index in [4.69, 9.17) is 9.47 Å². The predicted octanol–water partition coefficient (Wildman–Crippen LogP) is 0.350. The number of aliphatic hydroxyl groups is 1. The molecule has 1 aliphatic rings. The first-order chi connectivity index (χ1) is 12.0. The number of ether oxygens (including phenoxy) is 2. The number of H-pyrrole nitrogens is 1. The molecule has 1 aliphatic heterocycles. The van der Waals surface area contributed by atoms with E-state index in [0.29, 0.717) is 11.1 Å². The lowest BCUT2D eigenvalue weighted by Crippen LogP contribution is -2.33. The van der Waals surface area contributed by atoms with Gasteiger partial charge >= 0.3 is 11.7 Å².